The molecule has 1 aromatic carbocycles. The highest BCUT2D eigenvalue weighted by Crippen LogP contribution is 2.29. The average Bonchev–Trinajstić information content (AvgIpc) is 2.67. The number of rotatable bonds is 1. The number of aromatic nitrogens is 1. The predicted octanol–water partition coefficient (Wildman–Crippen LogP) is 3.78. The molecule has 1 aromatic heterocycles. The first-order chi connectivity index (χ1) is 7.45. The number of hydrogen-bond donors (Lipinski definition) is 0. The molecule has 2 rings (SSSR count). The second-order valence-electron chi connectivity index (χ2n) is 3.83. The van der Waals surface area contributed by atoms with Crippen molar-refractivity contribution in [2.24, 2.45) is 0 Å². The molecular formula is C11H9F4N. The second-order valence-corrected chi connectivity index (χ2v) is 3.83. The highest BCUT2D eigenvalue weighted by molar-refractivity contribution is 5.81. The van der Waals surface area contributed by atoms with Crippen molar-refractivity contribution in [3.05, 3.63) is 35.5 Å². The molecule has 0 unspecified atom stereocenters. The molecule has 5 heteroatoms. The Morgan fingerprint density at radius 2 is 1.50 bits per heavy atom. The normalized spacial score (nSPS) is 11.7. The average molecular weight is 231 g/mol. The van der Waals surface area contributed by atoms with E-state index < -0.39 is 23.3 Å². The fourth-order valence-electron chi connectivity index (χ4n) is 1.70. The van der Waals surface area contributed by atoms with Gasteiger partial charge in [0.2, 0.25) is 0 Å². The van der Waals surface area contributed by atoms with Crippen LogP contribution in [0.15, 0.2) is 12.3 Å². The first kappa shape index (κ1) is 11.0. The molecule has 0 spiro atoms. The molecule has 0 bridgehead atoms. The van der Waals surface area contributed by atoms with Crippen LogP contribution in [0.4, 0.5) is 17.6 Å². The zero-order chi connectivity index (χ0) is 12.0. The summed E-state index contributed by atoms with van der Waals surface area (Å²) in [5, 5.41) is -0.245. The maximum atomic E-state index is 13.5. The summed E-state index contributed by atoms with van der Waals surface area (Å²) in [5.74, 6) is -6.25. The summed E-state index contributed by atoms with van der Waals surface area (Å²) in [6, 6.07) is 1.06. The SMILES string of the molecule is CC(C)n1ccc2c(F)c(F)c(F)c(F)c21. The molecule has 86 valence electrons. The minimum Gasteiger partial charge on any atom is -0.342 e. The lowest BCUT2D eigenvalue weighted by atomic mass is 10.2. The Balaban J connectivity index is 2.94. The highest BCUT2D eigenvalue weighted by Gasteiger charge is 2.23. The third kappa shape index (κ3) is 1.31. The molecule has 0 saturated heterocycles. The van der Waals surface area contributed by atoms with E-state index in [4.69, 9.17) is 0 Å². The molecule has 2 aromatic rings. The molecule has 0 aliphatic carbocycles. The van der Waals surface area contributed by atoms with Gasteiger partial charge in [0.05, 0.1) is 5.52 Å². The molecule has 0 aliphatic rings. The van der Waals surface area contributed by atoms with Gasteiger partial charge >= 0.3 is 0 Å². The van der Waals surface area contributed by atoms with Gasteiger partial charge in [0, 0.05) is 17.6 Å². The Morgan fingerprint density at radius 3 is 2.06 bits per heavy atom. The lowest BCUT2D eigenvalue weighted by Crippen LogP contribution is -2.04. The number of benzene rings is 1. The van der Waals surface area contributed by atoms with E-state index in [0.29, 0.717) is 0 Å². The standard InChI is InChI=1S/C11H9F4N/c1-5(2)16-4-3-6-7(12)8(13)9(14)10(15)11(6)16/h3-5H,1-2H3. The number of halogens is 4. The van der Waals surface area contributed by atoms with Crippen molar-refractivity contribution in [2.45, 2.75) is 19.9 Å². The summed E-state index contributed by atoms with van der Waals surface area (Å²) >= 11 is 0. The maximum Gasteiger partial charge on any atom is 0.199 e. The van der Waals surface area contributed by atoms with E-state index in [0.717, 1.165) is 0 Å². The minimum absolute atomic E-state index is 0.170. The molecule has 0 aliphatic heterocycles. The summed E-state index contributed by atoms with van der Waals surface area (Å²) in [7, 11) is 0. The number of hydrogen-bond acceptors (Lipinski definition) is 0. The topological polar surface area (TPSA) is 4.93 Å². The minimum atomic E-state index is -1.77. The molecular weight excluding hydrogens is 222 g/mol. The molecule has 0 N–H and O–H groups in total. The third-order valence-corrected chi connectivity index (χ3v) is 2.49. The third-order valence-electron chi connectivity index (χ3n) is 2.49. The highest BCUT2D eigenvalue weighted by atomic mass is 19.2. The molecule has 0 atom stereocenters. The van der Waals surface area contributed by atoms with Gasteiger partial charge in [-0.25, -0.2) is 17.6 Å². The van der Waals surface area contributed by atoms with Gasteiger partial charge in [0.1, 0.15) is 0 Å². The quantitative estimate of drug-likeness (QED) is 0.400. The Kier molecular flexibility index (Phi) is 2.40. The molecule has 16 heavy (non-hydrogen) atoms. The van der Waals surface area contributed by atoms with Crippen LogP contribution in [0.5, 0.6) is 0 Å². The zero-order valence-electron chi connectivity index (χ0n) is 8.69. The Morgan fingerprint density at radius 1 is 0.938 bits per heavy atom. The number of nitrogens with zero attached hydrogens (tertiary/aromatic N) is 1. The van der Waals surface area contributed by atoms with Crippen molar-refractivity contribution in [1.29, 1.82) is 0 Å². The Bertz CT molecular complexity index is 557. The van der Waals surface area contributed by atoms with E-state index >= 15 is 0 Å². The van der Waals surface area contributed by atoms with E-state index in [-0.39, 0.29) is 16.9 Å². The van der Waals surface area contributed by atoms with Crippen molar-refractivity contribution in [1.82, 2.24) is 4.57 Å². The van der Waals surface area contributed by atoms with Gasteiger partial charge < -0.3 is 4.57 Å². The molecule has 1 heterocycles. The maximum absolute atomic E-state index is 13.5. The smallest absolute Gasteiger partial charge is 0.199 e. The van der Waals surface area contributed by atoms with Crippen molar-refractivity contribution >= 4 is 10.9 Å². The van der Waals surface area contributed by atoms with E-state index in [9.17, 15) is 17.6 Å². The van der Waals surface area contributed by atoms with Crippen LogP contribution in [-0.4, -0.2) is 4.57 Å². The van der Waals surface area contributed by atoms with Crippen LogP contribution in [0.1, 0.15) is 19.9 Å². The van der Waals surface area contributed by atoms with Gasteiger partial charge in [-0.3, -0.25) is 0 Å². The molecule has 0 fully saturated rings. The van der Waals surface area contributed by atoms with Gasteiger partial charge in [-0.1, -0.05) is 0 Å². The van der Waals surface area contributed by atoms with Gasteiger partial charge in [-0.2, -0.15) is 0 Å². The summed E-state index contributed by atoms with van der Waals surface area (Å²) in [6.07, 6.45) is 1.40. The van der Waals surface area contributed by atoms with Crippen molar-refractivity contribution in [3.63, 3.8) is 0 Å². The largest absolute Gasteiger partial charge is 0.342 e. The van der Waals surface area contributed by atoms with Crippen molar-refractivity contribution in [2.75, 3.05) is 0 Å². The van der Waals surface area contributed by atoms with Crippen molar-refractivity contribution < 1.29 is 17.6 Å². The summed E-state index contributed by atoms with van der Waals surface area (Å²) in [5.41, 5.74) is -0.244. The fraction of sp³-hybridized carbons (Fsp3) is 0.273. The predicted molar refractivity (Wildman–Crippen MR) is 52.2 cm³/mol. The second kappa shape index (κ2) is 3.50. The van der Waals surface area contributed by atoms with Crippen LogP contribution >= 0.6 is 0 Å². The van der Waals surface area contributed by atoms with Crippen molar-refractivity contribution in [3.8, 4) is 0 Å². The van der Waals surface area contributed by atoms with Crippen LogP contribution in [0.3, 0.4) is 0 Å². The van der Waals surface area contributed by atoms with Crippen LogP contribution < -0.4 is 0 Å². The summed E-state index contributed by atoms with van der Waals surface area (Å²) in [6.45, 7) is 3.47. The van der Waals surface area contributed by atoms with Gasteiger partial charge in [0.25, 0.3) is 0 Å². The first-order valence-electron chi connectivity index (χ1n) is 4.77. The zero-order valence-corrected chi connectivity index (χ0v) is 8.69. The monoisotopic (exact) mass is 231 g/mol. The lowest BCUT2D eigenvalue weighted by Gasteiger charge is -2.10. The van der Waals surface area contributed by atoms with E-state index in [1.165, 1.54) is 16.8 Å². The Labute approximate surface area is 89.3 Å². The van der Waals surface area contributed by atoms with E-state index in [1.54, 1.807) is 13.8 Å². The van der Waals surface area contributed by atoms with Crippen LogP contribution in [0, 0.1) is 23.3 Å². The van der Waals surface area contributed by atoms with Gasteiger partial charge in [-0.15, -0.1) is 0 Å². The van der Waals surface area contributed by atoms with Crippen LogP contribution in [-0.2, 0) is 0 Å². The van der Waals surface area contributed by atoms with E-state index in [2.05, 4.69) is 0 Å². The van der Waals surface area contributed by atoms with Crippen LogP contribution in [0.2, 0.25) is 0 Å². The number of fused-ring (bicyclic) bond motifs is 1. The van der Waals surface area contributed by atoms with Crippen LogP contribution in [0.25, 0.3) is 10.9 Å². The Hall–Kier alpha value is -1.52. The molecule has 0 amide bonds. The first-order valence-corrected chi connectivity index (χ1v) is 4.77. The molecule has 1 nitrogen and oxygen atoms in total. The van der Waals surface area contributed by atoms with E-state index in [1.807, 2.05) is 0 Å². The summed E-state index contributed by atoms with van der Waals surface area (Å²) in [4.78, 5) is 0. The summed E-state index contributed by atoms with van der Waals surface area (Å²) < 4.78 is 54.1. The van der Waals surface area contributed by atoms with Gasteiger partial charge in [0.15, 0.2) is 23.3 Å². The van der Waals surface area contributed by atoms with Gasteiger partial charge in [-0.05, 0) is 19.9 Å². The molecule has 0 saturated carbocycles. The fourth-order valence-corrected chi connectivity index (χ4v) is 1.70. The lowest BCUT2D eigenvalue weighted by molar-refractivity contribution is 0.415. The molecule has 0 radical (unpaired) electrons.